The first kappa shape index (κ1) is 22.1. The molecule has 0 atom stereocenters. The van der Waals surface area contributed by atoms with E-state index in [1.807, 2.05) is 45.2 Å². The van der Waals surface area contributed by atoms with Crippen LogP contribution in [0.25, 0.3) is 11.3 Å². The van der Waals surface area contributed by atoms with Crippen molar-refractivity contribution in [3.63, 3.8) is 0 Å². The first-order valence-corrected chi connectivity index (χ1v) is 10.4. The lowest BCUT2D eigenvalue weighted by Gasteiger charge is -2.17. The van der Waals surface area contributed by atoms with Crippen LogP contribution >= 0.6 is 0 Å². The molecule has 1 N–H and O–H groups in total. The van der Waals surface area contributed by atoms with Crippen molar-refractivity contribution in [3.8, 4) is 28.5 Å². The molecule has 0 fully saturated rings. The smallest absolute Gasteiger partial charge is 0.251 e. The van der Waals surface area contributed by atoms with Crippen LogP contribution in [0.1, 0.15) is 31.1 Å². The van der Waals surface area contributed by atoms with Gasteiger partial charge in [-0.3, -0.25) is 14.5 Å². The SMILES string of the molecule is CCOc1cc(C(=O)NCCn2ccc(-c3ccncc3)n2)cc(OCC)c1OCC. The van der Waals surface area contributed by atoms with Crippen LogP contribution in [0.3, 0.4) is 0 Å². The van der Waals surface area contributed by atoms with Crippen molar-refractivity contribution >= 4 is 5.91 Å². The van der Waals surface area contributed by atoms with Gasteiger partial charge in [0, 0.05) is 36.3 Å². The van der Waals surface area contributed by atoms with Crippen molar-refractivity contribution in [2.45, 2.75) is 27.3 Å². The van der Waals surface area contributed by atoms with Gasteiger partial charge >= 0.3 is 0 Å². The zero-order valence-corrected chi connectivity index (χ0v) is 18.1. The van der Waals surface area contributed by atoms with Crippen LogP contribution in [-0.2, 0) is 6.54 Å². The number of ether oxygens (including phenoxy) is 3. The van der Waals surface area contributed by atoms with E-state index in [2.05, 4.69) is 15.4 Å². The summed E-state index contributed by atoms with van der Waals surface area (Å²) in [6, 6.07) is 9.12. The quantitative estimate of drug-likeness (QED) is 0.506. The Morgan fingerprint density at radius 3 is 2.23 bits per heavy atom. The lowest BCUT2D eigenvalue weighted by Crippen LogP contribution is -2.27. The molecule has 0 saturated carbocycles. The molecule has 2 aromatic heterocycles. The van der Waals surface area contributed by atoms with E-state index in [0.717, 1.165) is 11.3 Å². The molecule has 0 bridgehead atoms. The maximum Gasteiger partial charge on any atom is 0.251 e. The molecule has 0 aliphatic carbocycles. The van der Waals surface area contributed by atoms with Crippen LogP contribution in [0, 0.1) is 0 Å². The van der Waals surface area contributed by atoms with Gasteiger partial charge in [-0.25, -0.2) is 0 Å². The number of aromatic nitrogens is 3. The molecule has 2 heterocycles. The lowest BCUT2D eigenvalue weighted by atomic mass is 10.1. The minimum atomic E-state index is -0.216. The topological polar surface area (TPSA) is 87.5 Å². The second-order valence-corrected chi connectivity index (χ2v) is 6.56. The number of rotatable bonds is 11. The fourth-order valence-electron chi connectivity index (χ4n) is 3.07. The van der Waals surface area contributed by atoms with Gasteiger partial charge in [-0.05, 0) is 51.1 Å². The summed E-state index contributed by atoms with van der Waals surface area (Å²) < 4.78 is 18.9. The average molecular weight is 425 g/mol. The molecule has 0 spiro atoms. The second kappa shape index (κ2) is 11.0. The minimum absolute atomic E-state index is 0.216. The molecule has 0 aliphatic rings. The summed E-state index contributed by atoms with van der Waals surface area (Å²) >= 11 is 0. The molecule has 0 unspecified atom stereocenters. The van der Waals surface area contributed by atoms with E-state index in [-0.39, 0.29) is 5.91 Å². The van der Waals surface area contributed by atoms with E-state index in [1.54, 1.807) is 29.2 Å². The van der Waals surface area contributed by atoms with Crippen LogP contribution < -0.4 is 19.5 Å². The zero-order chi connectivity index (χ0) is 22.1. The number of nitrogens with zero attached hydrogens (tertiary/aromatic N) is 3. The Bertz CT molecular complexity index is 961. The molecule has 31 heavy (non-hydrogen) atoms. The highest BCUT2D eigenvalue weighted by Gasteiger charge is 2.18. The highest BCUT2D eigenvalue weighted by molar-refractivity contribution is 5.95. The summed E-state index contributed by atoms with van der Waals surface area (Å²) in [7, 11) is 0. The van der Waals surface area contributed by atoms with Crippen LogP contribution in [0.15, 0.2) is 48.9 Å². The Morgan fingerprint density at radius 1 is 0.968 bits per heavy atom. The Balaban J connectivity index is 1.66. The van der Waals surface area contributed by atoms with Gasteiger partial charge in [0.15, 0.2) is 11.5 Å². The van der Waals surface area contributed by atoms with Gasteiger partial charge in [-0.15, -0.1) is 0 Å². The van der Waals surface area contributed by atoms with Gasteiger partial charge in [0.05, 0.1) is 32.1 Å². The van der Waals surface area contributed by atoms with E-state index >= 15 is 0 Å². The highest BCUT2D eigenvalue weighted by Crippen LogP contribution is 2.39. The molecule has 1 amide bonds. The standard InChI is InChI=1S/C23H28N4O4/c1-4-29-20-15-18(16-21(30-5-2)22(20)31-6-3)23(28)25-12-14-27-13-9-19(26-27)17-7-10-24-11-8-17/h7-11,13,15-16H,4-6,12,14H2,1-3H3,(H,25,28). The van der Waals surface area contributed by atoms with E-state index in [1.165, 1.54) is 0 Å². The van der Waals surface area contributed by atoms with E-state index in [4.69, 9.17) is 14.2 Å². The Morgan fingerprint density at radius 2 is 1.61 bits per heavy atom. The van der Waals surface area contributed by atoms with Crippen LogP contribution in [0.4, 0.5) is 0 Å². The molecular weight excluding hydrogens is 396 g/mol. The summed E-state index contributed by atoms with van der Waals surface area (Å²) in [5.41, 5.74) is 2.32. The first-order chi connectivity index (χ1) is 15.2. The number of amides is 1. The molecule has 164 valence electrons. The molecular formula is C23H28N4O4. The minimum Gasteiger partial charge on any atom is -0.490 e. The maximum absolute atomic E-state index is 12.7. The third-order valence-electron chi connectivity index (χ3n) is 4.41. The summed E-state index contributed by atoms with van der Waals surface area (Å²) in [4.78, 5) is 16.8. The zero-order valence-electron chi connectivity index (χ0n) is 18.1. The molecule has 8 heteroatoms. The van der Waals surface area contributed by atoms with Crippen molar-refractivity contribution in [2.24, 2.45) is 0 Å². The van der Waals surface area contributed by atoms with Crippen LogP contribution in [-0.4, -0.2) is 47.0 Å². The van der Waals surface area contributed by atoms with Gasteiger partial charge in [0.1, 0.15) is 0 Å². The number of pyridine rings is 1. The largest absolute Gasteiger partial charge is 0.490 e. The summed E-state index contributed by atoms with van der Waals surface area (Å²) in [6.07, 6.45) is 5.36. The molecule has 0 aliphatic heterocycles. The number of carbonyl (C=O) groups excluding carboxylic acids is 1. The predicted octanol–water partition coefficient (Wildman–Crippen LogP) is 3.57. The molecule has 0 saturated heterocycles. The van der Waals surface area contributed by atoms with Gasteiger partial charge in [0.25, 0.3) is 5.91 Å². The van der Waals surface area contributed by atoms with Gasteiger partial charge in [0.2, 0.25) is 5.75 Å². The monoisotopic (exact) mass is 424 g/mol. The summed E-state index contributed by atoms with van der Waals surface area (Å²) in [5.74, 6) is 1.29. The van der Waals surface area contributed by atoms with Crippen LogP contribution in [0.2, 0.25) is 0 Å². The number of carbonyl (C=O) groups is 1. The van der Waals surface area contributed by atoms with Crippen LogP contribution in [0.5, 0.6) is 17.2 Å². The lowest BCUT2D eigenvalue weighted by molar-refractivity contribution is 0.0950. The number of hydrogen-bond acceptors (Lipinski definition) is 6. The average Bonchev–Trinajstić information content (AvgIpc) is 3.25. The van der Waals surface area contributed by atoms with Gasteiger partial charge in [-0.1, -0.05) is 0 Å². The molecule has 0 radical (unpaired) electrons. The third-order valence-corrected chi connectivity index (χ3v) is 4.41. The number of hydrogen-bond donors (Lipinski definition) is 1. The first-order valence-electron chi connectivity index (χ1n) is 10.4. The highest BCUT2D eigenvalue weighted by atomic mass is 16.5. The fraction of sp³-hybridized carbons (Fsp3) is 0.348. The second-order valence-electron chi connectivity index (χ2n) is 6.56. The van der Waals surface area contributed by atoms with Gasteiger partial charge < -0.3 is 19.5 Å². The Kier molecular flexibility index (Phi) is 7.86. The third kappa shape index (κ3) is 5.75. The molecule has 1 aromatic carbocycles. The van der Waals surface area contributed by atoms with E-state index in [0.29, 0.717) is 55.7 Å². The van der Waals surface area contributed by atoms with Crippen molar-refractivity contribution in [2.75, 3.05) is 26.4 Å². The maximum atomic E-state index is 12.7. The number of benzene rings is 1. The Hall–Kier alpha value is -3.55. The van der Waals surface area contributed by atoms with Crippen molar-refractivity contribution in [3.05, 3.63) is 54.5 Å². The number of nitrogens with one attached hydrogen (secondary N) is 1. The predicted molar refractivity (Wildman–Crippen MR) is 118 cm³/mol. The molecule has 3 aromatic rings. The van der Waals surface area contributed by atoms with Gasteiger partial charge in [-0.2, -0.15) is 5.10 Å². The normalized spacial score (nSPS) is 10.5. The molecule has 8 nitrogen and oxygen atoms in total. The van der Waals surface area contributed by atoms with Crippen molar-refractivity contribution in [1.82, 2.24) is 20.1 Å². The van der Waals surface area contributed by atoms with E-state index in [9.17, 15) is 4.79 Å². The van der Waals surface area contributed by atoms with E-state index < -0.39 is 0 Å². The van der Waals surface area contributed by atoms with Crippen molar-refractivity contribution < 1.29 is 19.0 Å². The summed E-state index contributed by atoms with van der Waals surface area (Å²) in [5, 5.41) is 7.47. The Labute approximate surface area is 182 Å². The van der Waals surface area contributed by atoms with Crippen molar-refractivity contribution in [1.29, 1.82) is 0 Å². The molecule has 3 rings (SSSR count). The fourth-order valence-corrected chi connectivity index (χ4v) is 3.07. The summed E-state index contributed by atoms with van der Waals surface area (Å²) in [6.45, 7) is 8.01.